The first-order valence-electron chi connectivity index (χ1n) is 4.37. The van der Waals surface area contributed by atoms with Crippen LogP contribution in [0.5, 0.6) is 0 Å². The quantitative estimate of drug-likeness (QED) is 0.728. The van der Waals surface area contributed by atoms with Crippen LogP contribution in [0.25, 0.3) is 0 Å². The minimum absolute atomic E-state index is 0.0314. The lowest BCUT2D eigenvalue weighted by Gasteiger charge is -2.08. The second-order valence-electron chi connectivity index (χ2n) is 3.74. The Hall–Kier alpha value is -1.03. The van der Waals surface area contributed by atoms with Crippen molar-refractivity contribution in [1.82, 2.24) is 0 Å². The monoisotopic (exact) mass is 202 g/mol. The average Bonchev–Trinajstić information content (AvgIpc) is 2.86. The number of halogens is 3. The zero-order valence-corrected chi connectivity index (χ0v) is 7.36. The fourth-order valence-electron chi connectivity index (χ4n) is 1.38. The molecule has 1 aromatic carbocycles. The van der Waals surface area contributed by atoms with Crippen molar-refractivity contribution in [3.63, 3.8) is 0 Å². The Morgan fingerprint density at radius 2 is 1.79 bits per heavy atom. The van der Waals surface area contributed by atoms with Crippen LogP contribution in [0.15, 0.2) is 12.1 Å². The summed E-state index contributed by atoms with van der Waals surface area (Å²) in [5.41, 5.74) is -0.866. The summed E-state index contributed by atoms with van der Waals surface area (Å²) in [6.07, 6.45) is 1.23. The largest absolute Gasteiger partial charge is 0.390 e. The molecular weight excluding hydrogens is 193 g/mol. The summed E-state index contributed by atoms with van der Waals surface area (Å²) in [5, 5.41) is 9.48. The third-order valence-corrected chi connectivity index (χ3v) is 2.46. The zero-order chi connectivity index (χ0) is 10.3. The molecule has 1 nitrogen and oxygen atoms in total. The van der Waals surface area contributed by atoms with Crippen molar-refractivity contribution in [3.8, 4) is 0 Å². The van der Waals surface area contributed by atoms with Gasteiger partial charge in [0.25, 0.3) is 0 Å². The highest BCUT2D eigenvalue weighted by Gasteiger charge is 2.41. The molecule has 0 amide bonds. The highest BCUT2D eigenvalue weighted by Crippen LogP contribution is 2.38. The number of hydrogen-bond acceptors (Lipinski definition) is 1. The van der Waals surface area contributed by atoms with E-state index >= 15 is 0 Å². The summed E-state index contributed by atoms with van der Waals surface area (Å²) in [6, 6.07) is 2.05. The Kier molecular flexibility index (Phi) is 2.03. The summed E-state index contributed by atoms with van der Waals surface area (Å²) in [4.78, 5) is 0. The molecule has 0 unspecified atom stereocenters. The van der Waals surface area contributed by atoms with Gasteiger partial charge in [-0.05, 0) is 24.5 Å². The van der Waals surface area contributed by atoms with Gasteiger partial charge in [0, 0.05) is 6.42 Å². The molecule has 1 aliphatic carbocycles. The van der Waals surface area contributed by atoms with Gasteiger partial charge in [-0.2, -0.15) is 0 Å². The standard InChI is InChI=1S/C10H9F3O/c11-7-2-1-6(8(12)9(7)13)5-10(14)3-4-10/h1-2,14H,3-5H2. The van der Waals surface area contributed by atoms with E-state index in [1.54, 1.807) is 0 Å². The summed E-state index contributed by atoms with van der Waals surface area (Å²) in [7, 11) is 0. The lowest BCUT2D eigenvalue weighted by molar-refractivity contribution is 0.149. The third kappa shape index (κ3) is 1.62. The van der Waals surface area contributed by atoms with E-state index in [4.69, 9.17) is 0 Å². The van der Waals surface area contributed by atoms with Crippen molar-refractivity contribution < 1.29 is 18.3 Å². The molecule has 1 aromatic rings. The minimum atomic E-state index is -1.47. The molecule has 0 saturated heterocycles. The highest BCUT2D eigenvalue weighted by molar-refractivity contribution is 5.23. The van der Waals surface area contributed by atoms with Gasteiger partial charge in [-0.15, -0.1) is 0 Å². The molecule has 14 heavy (non-hydrogen) atoms. The molecule has 1 saturated carbocycles. The molecule has 1 N–H and O–H groups in total. The molecule has 0 aromatic heterocycles. The van der Waals surface area contributed by atoms with E-state index in [0.29, 0.717) is 12.8 Å². The van der Waals surface area contributed by atoms with Gasteiger partial charge < -0.3 is 5.11 Å². The normalized spacial score (nSPS) is 18.3. The maximum absolute atomic E-state index is 13.1. The van der Waals surface area contributed by atoms with Crippen LogP contribution >= 0.6 is 0 Å². The van der Waals surface area contributed by atoms with E-state index in [2.05, 4.69) is 0 Å². The number of rotatable bonds is 2. The predicted molar refractivity (Wildman–Crippen MR) is 44.2 cm³/mol. The molecule has 0 aliphatic heterocycles. The van der Waals surface area contributed by atoms with Crippen molar-refractivity contribution in [2.24, 2.45) is 0 Å². The van der Waals surface area contributed by atoms with Crippen LogP contribution in [-0.4, -0.2) is 10.7 Å². The van der Waals surface area contributed by atoms with Gasteiger partial charge in [-0.3, -0.25) is 0 Å². The molecule has 76 valence electrons. The van der Waals surface area contributed by atoms with Crippen LogP contribution < -0.4 is 0 Å². The van der Waals surface area contributed by atoms with Gasteiger partial charge in [0.15, 0.2) is 17.5 Å². The maximum atomic E-state index is 13.1. The molecule has 0 radical (unpaired) electrons. The van der Waals surface area contributed by atoms with Gasteiger partial charge in [0.1, 0.15) is 0 Å². The molecule has 0 heterocycles. The second-order valence-corrected chi connectivity index (χ2v) is 3.74. The van der Waals surface area contributed by atoms with Crippen molar-refractivity contribution >= 4 is 0 Å². The van der Waals surface area contributed by atoms with Crippen LogP contribution in [0.4, 0.5) is 13.2 Å². The summed E-state index contributed by atoms with van der Waals surface area (Å²) in [6.45, 7) is 0. The molecular formula is C10H9F3O. The number of aliphatic hydroxyl groups is 1. The molecule has 1 fully saturated rings. The molecule has 0 atom stereocenters. The average molecular weight is 202 g/mol. The van der Waals surface area contributed by atoms with Gasteiger partial charge in [0.2, 0.25) is 0 Å². The molecule has 4 heteroatoms. The smallest absolute Gasteiger partial charge is 0.194 e. The first-order chi connectivity index (χ1) is 6.52. The summed E-state index contributed by atoms with van der Waals surface area (Å²) < 4.78 is 38.4. The Balaban J connectivity index is 2.30. The van der Waals surface area contributed by atoms with Crippen LogP contribution in [0.2, 0.25) is 0 Å². The third-order valence-electron chi connectivity index (χ3n) is 2.46. The van der Waals surface area contributed by atoms with E-state index in [9.17, 15) is 18.3 Å². The molecule has 0 spiro atoms. The van der Waals surface area contributed by atoms with Crippen LogP contribution in [0.1, 0.15) is 18.4 Å². The molecule has 0 bridgehead atoms. The highest BCUT2D eigenvalue weighted by atomic mass is 19.2. The number of hydrogen-bond donors (Lipinski definition) is 1. The van der Waals surface area contributed by atoms with Gasteiger partial charge in [-0.1, -0.05) is 6.07 Å². The van der Waals surface area contributed by atoms with Gasteiger partial charge in [-0.25, -0.2) is 13.2 Å². The van der Waals surface area contributed by atoms with Crippen molar-refractivity contribution in [3.05, 3.63) is 35.1 Å². The first kappa shape index (κ1) is 9.52. The van der Waals surface area contributed by atoms with Crippen molar-refractivity contribution in [1.29, 1.82) is 0 Å². The van der Waals surface area contributed by atoms with Crippen LogP contribution in [0, 0.1) is 17.5 Å². The van der Waals surface area contributed by atoms with E-state index in [1.807, 2.05) is 0 Å². The predicted octanol–water partition coefficient (Wildman–Crippen LogP) is 2.17. The fraction of sp³-hybridized carbons (Fsp3) is 0.400. The summed E-state index contributed by atoms with van der Waals surface area (Å²) >= 11 is 0. The summed E-state index contributed by atoms with van der Waals surface area (Å²) in [5.74, 6) is -3.86. The maximum Gasteiger partial charge on any atom is 0.194 e. The zero-order valence-electron chi connectivity index (χ0n) is 7.36. The second kappa shape index (κ2) is 2.98. The SMILES string of the molecule is OC1(Cc2ccc(F)c(F)c2F)CC1. The van der Waals surface area contributed by atoms with Crippen molar-refractivity contribution in [2.45, 2.75) is 24.9 Å². The lowest BCUT2D eigenvalue weighted by Crippen LogP contribution is -2.13. The topological polar surface area (TPSA) is 20.2 Å². The van der Waals surface area contributed by atoms with E-state index in [1.165, 1.54) is 6.07 Å². The van der Waals surface area contributed by atoms with Crippen LogP contribution in [0.3, 0.4) is 0 Å². The Labute approximate surface area is 79.2 Å². The Morgan fingerprint density at radius 3 is 2.36 bits per heavy atom. The van der Waals surface area contributed by atoms with Crippen LogP contribution in [-0.2, 0) is 6.42 Å². The first-order valence-corrected chi connectivity index (χ1v) is 4.37. The minimum Gasteiger partial charge on any atom is -0.390 e. The van der Waals surface area contributed by atoms with E-state index < -0.39 is 23.1 Å². The van der Waals surface area contributed by atoms with E-state index in [-0.39, 0.29) is 12.0 Å². The van der Waals surface area contributed by atoms with Crippen molar-refractivity contribution in [2.75, 3.05) is 0 Å². The van der Waals surface area contributed by atoms with E-state index in [0.717, 1.165) is 6.07 Å². The molecule has 2 rings (SSSR count). The Morgan fingerprint density at radius 1 is 1.14 bits per heavy atom. The fourth-order valence-corrected chi connectivity index (χ4v) is 1.38. The van der Waals surface area contributed by atoms with Gasteiger partial charge in [0.05, 0.1) is 5.60 Å². The number of benzene rings is 1. The molecule has 1 aliphatic rings. The Bertz CT molecular complexity index is 372. The van der Waals surface area contributed by atoms with Gasteiger partial charge >= 0.3 is 0 Å². The lowest BCUT2D eigenvalue weighted by atomic mass is 10.1.